The summed E-state index contributed by atoms with van der Waals surface area (Å²) in [7, 11) is 0. The molecule has 130 valence electrons. The second-order valence-corrected chi connectivity index (χ2v) is 6.84. The molecule has 26 heavy (non-hydrogen) atoms. The molecule has 1 aromatic carbocycles. The van der Waals surface area contributed by atoms with Crippen molar-refractivity contribution >= 4 is 11.7 Å². The number of hydrogen-bond donors (Lipinski definition) is 1. The van der Waals surface area contributed by atoms with Gasteiger partial charge >= 0.3 is 0 Å². The Morgan fingerprint density at radius 3 is 2.81 bits per heavy atom. The van der Waals surface area contributed by atoms with Crippen molar-refractivity contribution in [3.8, 4) is 17.9 Å². The van der Waals surface area contributed by atoms with E-state index < -0.39 is 0 Å². The van der Waals surface area contributed by atoms with Gasteiger partial charge < -0.3 is 14.8 Å². The molecule has 1 aliphatic carbocycles. The second-order valence-electron chi connectivity index (χ2n) is 6.84. The van der Waals surface area contributed by atoms with Gasteiger partial charge in [0.25, 0.3) is 0 Å². The maximum Gasteiger partial charge on any atom is 0.230 e. The number of rotatable bonds is 4. The van der Waals surface area contributed by atoms with E-state index in [1.54, 1.807) is 17.4 Å². The number of amides is 1. The van der Waals surface area contributed by atoms with Gasteiger partial charge in [-0.15, -0.1) is 0 Å². The van der Waals surface area contributed by atoms with E-state index in [4.69, 9.17) is 5.26 Å². The van der Waals surface area contributed by atoms with Gasteiger partial charge in [-0.3, -0.25) is 4.79 Å². The van der Waals surface area contributed by atoms with Gasteiger partial charge in [-0.25, -0.2) is 4.98 Å². The van der Waals surface area contributed by atoms with Crippen LogP contribution in [0.25, 0.3) is 5.69 Å². The average Bonchev–Trinajstić information content (AvgIpc) is 3.21. The van der Waals surface area contributed by atoms with Crippen molar-refractivity contribution in [2.75, 3.05) is 18.4 Å². The van der Waals surface area contributed by atoms with Crippen LogP contribution in [-0.2, 0) is 4.79 Å². The molecule has 1 aliphatic heterocycles. The van der Waals surface area contributed by atoms with Gasteiger partial charge in [0, 0.05) is 18.8 Å². The minimum Gasteiger partial charge on any atom is -0.310 e. The number of aromatic nitrogens is 2. The quantitative estimate of drug-likeness (QED) is 0.857. The first-order chi connectivity index (χ1) is 12.7. The Morgan fingerprint density at radius 1 is 1.27 bits per heavy atom. The molecule has 1 atom stereocenters. The lowest BCUT2D eigenvalue weighted by molar-refractivity contribution is -0.119. The largest absolute Gasteiger partial charge is 0.310 e. The topological polar surface area (TPSA) is 97.7 Å². The van der Waals surface area contributed by atoms with E-state index in [0.717, 1.165) is 29.7 Å². The molecule has 7 heteroatoms. The number of hydrogen-bond acceptors (Lipinski definition) is 5. The van der Waals surface area contributed by atoms with Crippen LogP contribution in [-0.4, -0.2) is 33.4 Å². The fraction of sp³-hybridized carbons (Fsp3) is 0.368. The first kappa shape index (κ1) is 16.2. The molecular weight excluding hydrogens is 328 g/mol. The fourth-order valence-electron chi connectivity index (χ4n) is 3.37. The first-order valence-electron chi connectivity index (χ1n) is 8.72. The zero-order valence-electron chi connectivity index (χ0n) is 14.2. The van der Waals surface area contributed by atoms with Crippen molar-refractivity contribution in [3.05, 3.63) is 41.9 Å². The highest BCUT2D eigenvalue weighted by molar-refractivity contribution is 5.92. The van der Waals surface area contributed by atoms with Crippen molar-refractivity contribution in [2.24, 2.45) is 5.92 Å². The predicted octanol–water partition coefficient (Wildman–Crippen LogP) is 2.36. The fourth-order valence-corrected chi connectivity index (χ4v) is 3.37. The molecule has 1 N–H and O–H groups in total. The summed E-state index contributed by atoms with van der Waals surface area (Å²) in [6, 6.07) is 8.02. The van der Waals surface area contributed by atoms with E-state index in [0.29, 0.717) is 31.2 Å². The smallest absolute Gasteiger partial charge is 0.230 e. The number of benzene rings is 1. The number of anilines is 1. The van der Waals surface area contributed by atoms with Gasteiger partial charge in [-0.1, -0.05) is 0 Å². The molecule has 2 aliphatic rings. The van der Waals surface area contributed by atoms with Gasteiger partial charge in [0.2, 0.25) is 5.91 Å². The molecule has 2 fully saturated rings. The third kappa shape index (κ3) is 3.12. The monoisotopic (exact) mass is 346 g/mol. The summed E-state index contributed by atoms with van der Waals surface area (Å²) in [6.45, 7) is 1.08. The van der Waals surface area contributed by atoms with E-state index in [9.17, 15) is 10.1 Å². The third-order valence-corrected chi connectivity index (χ3v) is 5.01. The maximum absolute atomic E-state index is 12.3. The van der Waals surface area contributed by atoms with Crippen LogP contribution in [0.2, 0.25) is 0 Å². The summed E-state index contributed by atoms with van der Waals surface area (Å²) in [5.41, 5.74) is 2.75. The molecule has 1 aromatic heterocycles. The Balaban J connectivity index is 1.48. The highest BCUT2D eigenvalue weighted by Crippen LogP contribution is 2.42. The van der Waals surface area contributed by atoms with Gasteiger partial charge in [-0.2, -0.15) is 10.5 Å². The summed E-state index contributed by atoms with van der Waals surface area (Å²) in [5, 5.41) is 21.0. The van der Waals surface area contributed by atoms with Gasteiger partial charge in [0.05, 0.1) is 23.7 Å². The molecule has 1 saturated carbocycles. The standard InChI is InChI=1S/C19H18N6O/c20-8-14-3-4-16(7-17(14)13-1-2-13)25-10-18(22-12-25)23-19(26)15-5-6-24(9-15)11-21/h3-4,7,10,12-13,15H,1-2,5-6,9H2,(H,23,26). The number of nitrogens with one attached hydrogen (secondary N) is 1. The normalized spacial score (nSPS) is 19.0. The van der Waals surface area contributed by atoms with Crippen molar-refractivity contribution in [2.45, 2.75) is 25.2 Å². The van der Waals surface area contributed by atoms with Crippen molar-refractivity contribution in [3.63, 3.8) is 0 Å². The van der Waals surface area contributed by atoms with E-state index >= 15 is 0 Å². The van der Waals surface area contributed by atoms with E-state index in [2.05, 4.69) is 22.6 Å². The lowest BCUT2D eigenvalue weighted by atomic mass is 10.0. The van der Waals surface area contributed by atoms with Crippen LogP contribution in [0.3, 0.4) is 0 Å². The Bertz CT molecular complexity index is 930. The first-order valence-corrected chi connectivity index (χ1v) is 8.72. The third-order valence-electron chi connectivity index (χ3n) is 5.01. The number of nitriles is 2. The minimum atomic E-state index is -0.184. The molecule has 7 nitrogen and oxygen atoms in total. The molecule has 2 heterocycles. The summed E-state index contributed by atoms with van der Waals surface area (Å²) in [5.74, 6) is 0.683. The van der Waals surface area contributed by atoms with Crippen LogP contribution in [0.1, 0.15) is 36.3 Å². The lowest BCUT2D eigenvalue weighted by Gasteiger charge is -2.09. The summed E-state index contributed by atoms with van der Waals surface area (Å²) >= 11 is 0. The van der Waals surface area contributed by atoms with Gasteiger partial charge in [0.15, 0.2) is 12.0 Å². The number of carbonyl (C=O) groups excluding carboxylic acids is 1. The highest BCUT2D eigenvalue weighted by Gasteiger charge is 2.28. The van der Waals surface area contributed by atoms with E-state index in [1.165, 1.54) is 0 Å². The molecule has 1 amide bonds. The van der Waals surface area contributed by atoms with Crippen molar-refractivity contribution in [1.29, 1.82) is 10.5 Å². The minimum absolute atomic E-state index is 0.105. The molecular formula is C19H18N6O. The van der Waals surface area contributed by atoms with Crippen LogP contribution in [0.4, 0.5) is 5.82 Å². The Hall–Kier alpha value is -3.32. The van der Waals surface area contributed by atoms with Gasteiger partial charge in [0.1, 0.15) is 6.33 Å². The number of nitrogens with zero attached hydrogens (tertiary/aromatic N) is 5. The SMILES string of the molecule is N#Cc1ccc(-n2cnc(NC(=O)C3CCN(C#N)C3)c2)cc1C1CC1. The van der Waals surface area contributed by atoms with Crippen molar-refractivity contribution in [1.82, 2.24) is 14.5 Å². The predicted molar refractivity (Wildman–Crippen MR) is 94.2 cm³/mol. The summed E-state index contributed by atoms with van der Waals surface area (Å²) in [4.78, 5) is 18.2. The zero-order valence-corrected chi connectivity index (χ0v) is 14.2. The van der Waals surface area contributed by atoms with Gasteiger partial charge in [-0.05, 0) is 48.9 Å². The van der Waals surface area contributed by atoms with E-state index in [1.807, 2.05) is 22.8 Å². The Kier molecular flexibility index (Phi) is 4.06. The van der Waals surface area contributed by atoms with Crippen molar-refractivity contribution < 1.29 is 4.79 Å². The second kappa shape index (κ2) is 6.53. The Labute approximate surface area is 151 Å². The number of carbonyl (C=O) groups is 1. The van der Waals surface area contributed by atoms with Crippen LogP contribution in [0, 0.1) is 28.7 Å². The molecule has 4 rings (SSSR count). The molecule has 0 spiro atoms. The molecule has 0 radical (unpaired) electrons. The summed E-state index contributed by atoms with van der Waals surface area (Å²) in [6.07, 6.45) is 8.45. The molecule has 2 aromatic rings. The molecule has 0 bridgehead atoms. The van der Waals surface area contributed by atoms with E-state index in [-0.39, 0.29) is 11.8 Å². The summed E-state index contributed by atoms with van der Waals surface area (Å²) < 4.78 is 1.85. The average molecular weight is 346 g/mol. The molecule has 1 unspecified atom stereocenters. The number of imidazole rings is 1. The van der Waals surface area contributed by atoms with Crippen LogP contribution in [0.15, 0.2) is 30.7 Å². The Morgan fingerprint density at radius 2 is 2.12 bits per heavy atom. The molecule has 1 saturated heterocycles. The maximum atomic E-state index is 12.3. The van der Waals surface area contributed by atoms with Crippen LogP contribution in [0.5, 0.6) is 0 Å². The zero-order chi connectivity index (χ0) is 18.1. The number of likely N-dealkylation sites (tertiary alicyclic amines) is 1. The lowest BCUT2D eigenvalue weighted by Crippen LogP contribution is -2.25. The highest BCUT2D eigenvalue weighted by atomic mass is 16.2. The van der Waals surface area contributed by atoms with Crippen LogP contribution < -0.4 is 5.32 Å². The van der Waals surface area contributed by atoms with Crippen LogP contribution >= 0.6 is 0 Å².